The summed E-state index contributed by atoms with van der Waals surface area (Å²) in [6.07, 6.45) is -8.28. The van der Waals surface area contributed by atoms with Crippen molar-refractivity contribution < 1.29 is 27.4 Å². The molecule has 1 atom stereocenters. The molecule has 2 nitrogen and oxygen atoms in total. The van der Waals surface area contributed by atoms with Crippen LogP contribution in [0.25, 0.3) is 0 Å². The van der Waals surface area contributed by atoms with E-state index < -0.39 is 25.7 Å². The van der Waals surface area contributed by atoms with Crippen molar-refractivity contribution in [2.24, 2.45) is 0 Å². The largest absolute Gasteiger partial charge is 0.445 e. The summed E-state index contributed by atoms with van der Waals surface area (Å²) >= 11 is 0. The van der Waals surface area contributed by atoms with E-state index in [0.29, 0.717) is 0 Å². The van der Waals surface area contributed by atoms with Crippen LogP contribution in [0.15, 0.2) is 0 Å². The van der Waals surface area contributed by atoms with Gasteiger partial charge in [0, 0.05) is 0 Å². The summed E-state index contributed by atoms with van der Waals surface area (Å²) in [5.41, 5.74) is 0. The Labute approximate surface area is 54.4 Å². The van der Waals surface area contributed by atoms with Crippen molar-refractivity contribution in [1.29, 1.82) is 0 Å². The molecular weight excluding hydrogens is 156 g/mol. The molecule has 0 radical (unpaired) electrons. The summed E-state index contributed by atoms with van der Waals surface area (Å²) < 4.78 is 48.7. The Balaban J connectivity index is 3.52. The Morgan fingerprint density at radius 3 is 2.20 bits per heavy atom. The van der Waals surface area contributed by atoms with Gasteiger partial charge < -0.3 is 9.84 Å². The average Bonchev–Trinajstić information content (AvgIpc) is 1.80. The van der Waals surface area contributed by atoms with Crippen molar-refractivity contribution >= 4 is 0 Å². The van der Waals surface area contributed by atoms with E-state index in [1.165, 1.54) is 0 Å². The zero-order chi connectivity index (χ0) is 8.20. The molecule has 0 aromatic carbocycles. The van der Waals surface area contributed by atoms with E-state index in [4.69, 9.17) is 5.11 Å². The zero-order valence-corrected chi connectivity index (χ0v) is 4.86. The van der Waals surface area contributed by atoms with Gasteiger partial charge in [-0.1, -0.05) is 0 Å². The molecule has 0 bridgehead atoms. The molecule has 6 heteroatoms. The van der Waals surface area contributed by atoms with E-state index in [2.05, 4.69) is 4.74 Å². The normalized spacial score (nSPS) is 15.3. The lowest BCUT2D eigenvalue weighted by Gasteiger charge is -2.11. The molecule has 1 N–H and O–H groups in total. The summed E-state index contributed by atoms with van der Waals surface area (Å²) in [4.78, 5) is 0. The van der Waals surface area contributed by atoms with Crippen LogP contribution >= 0.6 is 0 Å². The maximum atomic E-state index is 11.6. The SMILES string of the molecule is OCCOC(F)C(F)(F)F. The first-order chi connectivity index (χ1) is 4.48. The lowest BCUT2D eigenvalue weighted by atomic mass is 10.6. The summed E-state index contributed by atoms with van der Waals surface area (Å²) in [6, 6.07) is 0. The van der Waals surface area contributed by atoms with Crippen molar-refractivity contribution in [1.82, 2.24) is 0 Å². The van der Waals surface area contributed by atoms with Crippen molar-refractivity contribution in [3.05, 3.63) is 0 Å². The molecule has 0 fully saturated rings. The minimum atomic E-state index is -4.99. The molecule has 0 aliphatic heterocycles. The van der Waals surface area contributed by atoms with Gasteiger partial charge in [0.1, 0.15) is 0 Å². The Morgan fingerprint density at radius 1 is 1.40 bits per heavy atom. The van der Waals surface area contributed by atoms with Crippen LogP contribution in [0, 0.1) is 0 Å². The van der Waals surface area contributed by atoms with E-state index in [-0.39, 0.29) is 0 Å². The highest BCUT2D eigenvalue weighted by molar-refractivity contribution is 4.52. The second kappa shape index (κ2) is 3.72. The van der Waals surface area contributed by atoms with Gasteiger partial charge in [-0.2, -0.15) is 13.2 Å². The number of rotatable bonds is 3. The van der Waals surface area contributed by atoms with Gasteiger partial charge in [-0.05, 0) is 0 Å². The Kier molecular flexibility index (Phi) is 3.59. The van der Waals surface area contributed by atoms with Crippen LogP contribution in [0.2, 0.25) is 0 Å². The topological polar surface area (TPSA) is 29.5 Å². The highest BCUT2D eigenvalue weighted by Gasteiger charge is 2.41. The van der Waals surface area contributed by atoms with Gasteiger partial charge in [-0.3, -0.25) is 0 Å². The third-order valence-electron chi connectivity index (χ3n) is 0.613. The molecule has 62 valence electrons. The molecule has 0 aromatic heterocycles. The van der Waals surface area contributed by atoms with Crippen LogP contribution in [0.4, 0.5) is 17.6 Å². The Morgan fingerprint density at radius 2 is 1.90 bits per heavy atom. The van der Waals surface area contributed by atoms with Crippen molar-refractivity contribution in [3.63, 3.8) is 0 Å². The number of halogens is 4. The van der Waals surface area contributed by atoms with E-state index in [1.54, 1.807) is 0 Å². The maximum absolute atomic E-state index is 11.6. The smallest absolute Gasteiger partial charge is 0.394 e. The summed E-state index contributed by atoms with van der Waals surface area (Å²) in [5.74, 6) is 0. The van der Waals surface area contributed by atoms with Gasteiger partial charge >= 0.3 is 6.18 Å². The van der Waals surface area contributed by atoms with E-state index >= 15 is 0 Å². The van der Waals surface area contributed by atoms with Crippen molar-refractivity contribution in [3.8, 4) is 0 Å². The van der Waals surface area contributed by atoms with Crippen LogP contribution < -0.4 is 0 Å². The second-order valence-corrected chi connectivity index (χ2v) is 1.45. The number of aliphatic hydroxyl groups excluding tert-OH is 1. The Hall–Kier alpha value is -0.360. The fourth-order valence-electron chi connectivity index (χ4n) is 0.251. The molecule has 0 spiro atoms. The summed E-state index contributed by atoms with van der Waals surface area (Å²) in [6.45, 7) is -1.28. The number of hydrogen-bond acceptors (Lipinski definition) is 2. The third kappa shape index (κ3) is 3.62. The lowest BCUT2D eigenvalue weighted by molar-refractivity contribution is -0.265. The van der Waals surface area contributed by atoms with Gasteiger partial charge in [0.15, 0.2) is 0 Å². The van der Waals surface area contributed by atoms with Gasteiger partial charge in [0.2, 0.25) is 0 Å². The minimum Gasteiger partial charge on any atom is -0.394 e. The first-order valence-corrected chi connectivity index (χ1v) is 2.41. The number of hydrogen-bond donors (Lipinski definition) is 1. The summed E-state index contributed by atoms with van der Waals surface area (Å²) in [5, 5.41) is 7.92. The number of aliphatic hydroxyl groups is 1. The van der Waals surface area contributed by atoms with Crippen LogP contribution in [0.3, 0.4) is 0 Å². The fourth-order valence-corrected chi connectivity index (χ4v) is 0.251. The fraction of sp³-hybridized carbons (Fsp3) is 1.00. The third-order valence-corrected chi connectivity index (χ3v) is 0.613. The molecule has 0 saturated carbocycles. The number of ether oxygens (including phenoxy) is 1. The predicted molar refractivity (Wildman–Crippen MR) is 24.0 cm³/mol. The second-order valence-electron chi connectivity index (χ2n) is 1.45. The molecule has 0 rings (SSSR count). The number of alkyl halides is 4. The quantitative estimate of drug-likeness (QED) is 0.623. The molecular formula is C4H6F4O2. The molecule has 10 heavy (non-hydrogen) atoms. The van der Waals surface area contributed by atoms with E-state index in [1.807, 2.05) is 0 Å². The average molecular weight is 162 g/mol. The zero-order valence-electron chi connectivity index (χ0n) is 4.86. The van der Waals surface area contributed by atoms with Crippen LogP contribution in [-0.4, -0.2) is 30.9 Å². The molecule has 0 aromatic rings. The van der Waals surface area contributed by atoms with Gasteiger partial charge in [0.05, 0.1) is 13.2 Å². The highest BCUT2D eigenvalue weighted by atomic mass is 19.4. The summed E-state index contributed by atoms with van der Waals surface area (Å²) in [7, 11) is 0. The molecule has 0 saturated heterocycles. The highest BCUT2D eigenvalue weighted by Crippen LogP contribution is 2.23. The van der Waals surface area contributed by atoms with Crippen molar-refractivity contribution in [2.75, 3.05) is 13.2 Å². The van der Waals surface area contributed by atoms with E-state index in [0.717, 1.165) is 0 Å². The van der Waals surface area contributed by atoms with Gasteiger partial charge in [0.25, 0.3) is 6.36 Å². The molecule has 0 heterocycles. The first-order valence-electron chi connectivity index (χ1n) is 2.41. The maximum Gasteiger partial charge on any atom is 0.445 e. The van der Waals surface area contributed by atoms with E-state index in [9.17, 15) is 17.6 Å². The van der Waals surface area contributed by atoms with Crippen LogP contribution in [0.1, 0.15) is 0 Å². The molecule has 0 aliphatic rings. The Bertz CT molecular complexity index is 91.7. The van der Waals surface area contributed by atoms with Crippen LogP contribution in [-0.2, 0) is 4.74 Å². The van der Waals surface area contributed by atoms with Gasteiger partial charge in [-0.25, -0.2) is 4.39 Å². The first kappa shape index (κ1) is 9.64. The van der Waals surface area contributed by atoms with Gasteiger partial charge in [-0.15, -0.1) is 0 Å². The minimum absolute atomic E-state index is 0.628. The van der Waals surface area contributed by atoms with Crippen molar-refractivity contribution in [2.45, 2.75) is 12.5 Å². The van der Waals surface area contributed by atoms with Crippen LogP contribution in [0.5, 0.6) is 0 Å². The predicted octanol–water partition coefficient (Wildman–Crippen LogP) is 0.853. The molecule has 1 unspecified atom stereocenters. The monoisotopic (exact) mass is 162 g/mol. The molecule has 0 amide bonds. The lowest BCUT2D eigenvalue weighted by Crippen LogP contribution is -2.28. The molecule has 0 aliphatic carbocycles. The standard InChI is InChI=1S/C4H6F4O2/c5-3(4(6,7)8)10-2-1-9/h3,9H,1-2H2.